The molecule has 0 saturated carbocycles. The van der Waals surface area contributed by atoms with Crippen LogP contribution in [0.25, 0.3) is 10.2 Å². The van der Waals surface area contributed by atoms with Crippen molar-refractivity contribution in [1.29, 1.82) is 0 Å². The molecule has 0 amide bonds. The highest BCUT2D eigenvalue weighted by Crippen LogP contribution is 2.28. The molecule has 2 heterocycles. The Balaban J connectivity index is 2.01. The normalized spacial score (nSPS) is 11.0. The summed E-state index contributed by atoms with van der Waals surface area (Å²) in [6.07, 6.45) is 5.63. The number of nitrogens with one attached hydrogen (secondary N) is 1. The number of rotatable bonds is 7. The number of nitrogens with zero attached hydrogens (tertiary/aromatic N) is 2. The predicted molar refractivity (Wildman–Crippen MR) is 76.2 cm³/mol. The largest absolute Gasteiger partial charge is 0.396 e. The first-order valence-corrected chi connectivity index (χ1v) is 7.25. The van der Waals surface area contributed by atoms with E-state index in [-0.39, 0.29) is 6.61 Å². The maximum atomic E-state index is 8.71. The van der Waals surface area contributed by atoms with Crippen LogP contribution in [0.3, 0.4) is 0 Å². The number of aromatic nitrogens is 2. The van der Waals surface area contributed by atoms with E-state index in [1.807, 2.05) is 0 Å². The minimum absolute atomic E-state index is 0.280. The second-order valence-electron chi connectivity index (χ2n) is 4.22. The van der Waals surface area contributed by atoms with Crippen molar-refractivity contribution in [3.63, 3.8) is 0 Å². The lowest BCUT2D eigenvalue weighted by Crippen LogP contribution is -2.04. The molecule has 0 saturated heterocycles. The number of aliphatic hydroxyl groups excluding tert-OH is 1. The number of thiophene rings is 1. The molecule has 18 heavy (non-hydrogen) atoms. The summed E-state index contributed by atoms with van der Waals surface area (Å²) in [5, 5.41) is 13.2. The van der Waals surface area contributed by atoms with Crippen LogP contribution in [-0.4, -0.2) is 28.2 Å². The van der Waals surface area contributed by atoms with Gasteiger partial charge < -0.3 is 10.4 Å². The summed E-state index contributed by atoms with van der Waals surface area (Å²) in [5.41, 5.74) is 0. The molecule has 0 radical (unpaired) electrons. The van der Waals surface area contributed by atoms with Gasteiger partial charge in [0.05, 0.1) is 5.39 Å². The van der Waals surface area contributed by atoms with Crippen LogP contribution in [0.5, 0.6) is 0 Å². The molecule has 0 aliphatic heterocycles. The second-order valence-corrected chi connectivity index (χ2v) is 5.33. The van der Waals surface area contributed by atoms with Crippen molar-refractivity contribution in [2.45, 2.75) is 32.6 Å². The van der Waals surface area contributed by atoms with Gasteiger partial charge in [0.15, 0.2) is 0 Å². The molecule has 98 valence electrons. The third-order valence-corrected chi connectivity index (χ3v) is 4.04. The Morgan fingerprint density at radius 2 is 2.17 bits per heavy atom. The van der Waals surface area contributed by atoms with Crippen molar-refractivity contribution in [1.82, 2.24) is 9.97 Å². The van der Waals surface area contributed by atoms with Crippen LogP contribution in [0.1, 0.15) is 31.1 Å². The molecular formula is C13H19N3OS. The Hall–Kier alpha value is -1.20. The number of hydrogen-bond acceptors (Lipinski definition) is 5. The molecule has 0 unspecified atom stereocenters. The molecule has 2 aromatic heterocycles. The van der Waals surface area contributed by atoms with Crippen molar-refractivity contribution < 1.29 is 5.11 Å². The van der Waals surface area contributed by atoms with E-state index >= 15 is 0 Å². The average molecular weight is 265 g/mol. The first-order valence-electron chi connectivity index (χ1n) is 6.43. The molecule has 0 bridgehead atoms. The second kappa shape index (κ2) is 6.66. The zero-order chi connectivity index (χ0) is 12.8. The first-order chi connectivity index (χ1) is 8.85. The number of anilines is 1. The van der Waals surface area contributed by atoms with Gasteiger partial charge in [0.1, 0.15) is 17.0 Å². The lowest BCUT2D eigenvalue weighted by atomic mass is 10.2. The van der Waals surface area contributed by atoms with Crippen molar-refractivity contribution >= 4 is 27.4 Å². The Bertz CT molecular complexity index is 498. The number of aryl methyl sites for hydroxylation is 1. The summed E-state index contributed by atoms with van der Waals surface area (Å²) in [5.74, 6) is 0.931. The van der Waals surface area contributed by atoms with Gasteiger partial charge in [-0.1, -0.05) is 6.92 Å². The molecule has 0 atom stereocenters. The standard InChI is InChI=1S/C13H19N3OS/c1-2-10-8-11-12(14-6-4-3-5-7-17)15-9-16-13(11)18-10/h8-9,17H,2-7H2,1H3,(H,14,15,16). The number of unbranched alkanes of at least 4 members (excludes halogenated alkanes) is 2. The molecule has 2 N–H and O–H groups in total. The molecule has 4 nitrogen and oxygen atoms in total. The third kappa shape index (κ3) is 3.17. The van der Waals surface area contributed by atoms with E-state index in [2.05, 4.69) is 28.3 Å². The van der Waals surface area contributed by atoms with Crippen LogP contribution in [-0.2, 0) is 6.42 Å². The van der Waals surface area contributed by atoms with E-state index in [0.29, 0.717) is 0 Å². The van der Waals surface area contributed by atoms with Crippen molar-refractivity contribution in [3.8, 4) is 0 Å². The molecule has 5 heteroatoms. The van der Waals surface area contributed by atoms with Crippen molar-refractivity contribution in [2.75, 3.05) is 18.5 Å². The topological polar surface area (TPSA) is 58.0 Å². The van der Waals surface area contributed by atoms with Crippen LogP contribution in [0.2, 0.25) is 0 Å². The molecule has 0 spiro atoms. The van der Waals surface area contributed by atoms with Crippen LogP contribution >= 0.6 is 11.3 Å². The van der Waals surface area contributed by atoms with Crippen LogP contribution in [0.15, 0.2) is 12.4 Å². The van der Waals surface area contributed by atoms with Crippen LogP contribution < -0.4 is 5.32 Å². The Kier molecular flexibility index (Phi) is 4.90. The Morgan fingerprint density at radius 1 is 1.28 bits per heavy atom. The molecule has 0 aliphatic carbocycles. The van der Waals surface area contributed by atoms with E-state index in [1.165, 1.54) is 4.88 Å². The maximum absolute atomic E-state index is 8.71. The summed E-state index contributed by atoms with van der Waals surface area (Å²) in [6.45, 7) is 3.33. The summed E-state index contributed by atoms with van der Waals surface area (Å²) in [7, 11) is 0. The predicted octanol–water partition coefficient (Wildman–Crippen LogP) is 2.83. The highest BCUT2D eigenvalue weighted by molar-refractivity contribution is 7.18. The minimum atomic E-state index is 0.280. The van der Waals surface area contributed by atoms with E-state index in [4.69, 9.17) is 5.11 Å². The summed E-state index contributed by atoms with van der Waals surface area (Å²) in [4.78, 5) is 11.0. The zero-order valence-corrected chi connectivity index (χ0v) is 11.5. The number of fused-ring (bicyclic) bond motifs is 1. The van der Waals surface area contributed by atoms with E-state index in [0.717, 1.165) is 48.3 Å². The van der Waals surface area contributed by atoms with Gasteiger partial charge in [-0.2, -0.15) is 0 Å². The zero-order valence-electron chi connectivity index (χ0n) is 10.6. The lowest BCUT2D eigenvalue weighted by molar-refractivity contribution is 0.283. The highest BCUT2D eigenvalue weighted by Gasteiger charge is 2.07. The molecule has 2 aromatic rings. The third-order valence-electron chi connectivity index (χ3n) is 2.86. The van der Waals surface area contributed by atoms with Gasteiger partial charge in [-0.15, -0.1) is 11.3 Å². The fourth-order valence-corrected chi connectivity index (χ4v) is 2.78. The molecular weight excluding hydrogens is 246 g/mol. The van der Waals surface area contributed by atoms with Gasteiger partial charge in [-0.05, 0) is 31.7 Å². The van der Waals surface area contributed by atoms with Gasteiger partial charge in [0.2, 0.25) is 0 Å². The SMILES string of the molecule is CCc1cc2c(NCCCCCO)ncnc2s1. The van der Waals surface area contributed by atoms with Crippen molar-refractivity contribution in [3.05, 3.63) is 17.3 Å². The fraction of sp³-hybridized carbons (Fsp3) is 0.538. The first kappa shape index (κ1) is 13.2. The van der Waals surface area contributed by atoms with Gasteiger partial charge in [-0.3, -0.25) is 0 Å². The van der Waals surface area contributed by atoms with Gasteiger partial charge in [0.25, 0.3) is 0 Å². The fourth-order valence-electron chi connectivity index (χ4n) is 1.84. The number of hydrogen-bond donors (Lipinski definition) is 2. The molecule has 0 aromatic carbocycles. The minimum Gasteiger partial charge on any atom is -0.396 e. The maximum Gasteiger partial charge on any atom is 0.138 e. The Morgan fingerprint density at radius 3 is 2.94 bits per heavy atom. The van der Waals surface area contributed by atoms with Crippen LogP contribution in [0, 0.1) is 0 Å². The summed E-state index contributed by atoms with van der Waals surface area (Å²) < 4.78 is 0. The van der Waals surface area contributed by atoms with E-state index in [9.17, 15) is 0 Å². The van der Waals surface area contributed by atoms with Crippen LogP contribution in [0.4, 0.5) is 5.82 Å². The Labute approximate surface area is 111 Å². The lowest BCUT2D eigenvalue weighted by Gasteiger charge is -2.05. The smallest absolute Gasteiger partial charge is 0.138 e. The monoisotopic (exact) mass is 265 g/mol. The van der Waals surface area contributed by atoms with Crippen molar-refractivity contribution in [2.24, 2.45) is 0 Å². The highest BCUT2D eigenvalue weighted by atomic mass is 32.1. The number of aliphatic hydroxyl groups is 1. The molecule has 2 rings (SSSR count). The molecule has 0 fully saturated rings. The quantitative estimate of drug-likeness (QED) is 0.756. The van der Waals surface area contributed by atoms with E-state index < -0.39 is 0 Å². The van der Waals surface area contributed by atoms with Gasteiger partial charge in [-0.25, -0.2) is 9.97 Å². The molecule has 0 aliphatic rings. The average Bonchev–Trinajstić information content (AvgIpc) is 2.82. The van der Waals surface area contributed by atoms with Gasteiger partial charge >= 0.3 is 0 Å². The van der Waals surface area contributed by atoms with E-state index in [1.54, 1.807) is 17.7 Å². The summed E-state index contributed by atoms with van der Waals surface area (Å²) >= 11 is 1.73. The van der Waals surface area contributed by atoms with Gasteiger partial charge in [0, 0.05) is 18.0 Å². The summed E-state index contributed by atoms with van der Waals surface area (Å²) in [6, 6.07) is 2.18.